The van der Waals surface area contributed by atoms with Crippen molar-refractivity contribution in [3.05, 3.63) is 112 Å². The highest BCUT2D eigenvalue weighted by atomic mass is 127. The summed E-state index contributed by atoms with van der Waals surface area (Å²) < 4.78 is 14.8. The van der Waals surface area contributed by atoms with Gasteiger partial charge in [-0.05, 0) is 77.2 Å². The maximum absolute atomic E-state index is 13.9. The van der Waals surface area contributed by atoms with E-state index in [4.69, 9.17) is 14.1 Å². The van der Waals surface area contributed by atoms with Gasteiger partial charge in [0.2, 0.25) is 0 Å². The van der Waals surface area contributed by atoms with Gasteiger partial charge < -0.3 is 9.15 Å². The maximum atomic E-state index is 13.9. The summed E-state index contributed by atoms with van der Waals surface area (Å²) in [4.78, 5) is 32.7. The molecule has 5 rings (SSSR count). The standard InChI is InChI=1S/C32H31IN2O4S/c1-5-7-25-28(31(37)38-6-2)29(22-10-8-20(9-11-22)19(3)4)35-30(36)27(40-32(35)34-25)18-24-16-17-26(39-24)21-12-14-23(33)15-13-21/h8-19,29H,5-7H2,1-4H3/b27-18-/t29-/m1/s1. The highest BCUT2D eigenvalue weighted by molar-refractivity contribution is 14.1. The zero-order chi connectivity index (χ0) is 28.4. The lowest BCUT2D eigenvalue weighted by molar-refractivity contribution is -0.139. The second kappa shape index (κ2) is 12.1. The fourth-order valence-corrected chi connectivity index (χ4v) is 6.19. The Labute approximate surface area is 250 Å². The number of thiazole rings is 1. The third kappa shape index (κ3) is 5.65. The second-order valence-electron chi connectivity index (χ2n) is 9.94. The first kappa shape index (κ1) is 28.3. The molecule has 3 heterocycles. The molecule has 1 atom stereocenters. The van der Waals surface area contributed by atoms with Crippen LogP contribution >= 0.6 is 33.9 Å². The Morgan fingerprint density at radius 3 is 2.48 bits per heavy atom. The monoisotopic (exact) mass is 666 g/mol. The summed E-state index contributed by atoms with van der Waals surface area (Å²) in [5.41, 5.74) is 3.89. The number of fused-ring (bicyclic) bond motifs is 1. The van der Waals surface area contributed by atoms with E-state index in [1.807, 2.05) is 48.5 Å². The van der Waals surface area contributed by atoms with Crippen LogP contribution in [-0.2, 0) is 9.53 Å². The Bertz CT molecular complexity index is 1740. The van der Waals surface area contributed by atoms with Gasteiger partial charge in [0, 0.05) is 15.2 Å². The number of carbonyl (C=O) groups is 1. The van der Waals surface area contributed by atoms with Crippen LogP contribution in [0.4, 0.5) is 0 Å². The zero-order valence-corrected chi connectivity index (χ0v) is 25.9. The van der Waals surface area contributed by atoms with Crippen molar-refractivity contribution in [1.82, 2.24) is 4.57 Å². The van der Waals surface area contributed by atoms with E-state index >= 15 is 0 Å². The van der Waals surface area contributed by atoms with Gasteiger partial charge in [0.05, 0.1) is 28.5 Å². The Kier molecular flexibility index (Phi) is 8.56. The summed E-state index contributed by atoms with van der Waals surface area (Å²) in [6, 6.07) is 19.3. The van der Waals surface area contributed by atoms with E-state index in [2.05, 4.69) is 55.5 Å². The van der Waals surface area contributed by atoms with Crippen molar-refractivity contribution in [3.8, 4) is 11.3 Å². The van der Waals surface area contributed by atoms with Gasteiger partial charge in [0.25, 0.3) is 5.56 Å². The first-order chi connectivity index (χ1) is 19.3. The molecule has 0 fully saturated rings. The lowest BCUT2D eigenvalue weighted by Gasteiger charge is -2.26. The predicted molar refractivity (Wildman–Crippen MR) is 167 cm³/mol. The van der Waals surface area contributed by atoms with Crippen LogP contribution in [-0.4, -0.2) is 17.1 Å². The topological polar surface area (TPSA) is 73.8 Å². The molecule has 206 valence electrons. The SMILES string of the molecule is CCCC1=C(C(=O)OCC)[C@@H](c2ccc(C(C)C)cc2)n2c(s/c(=C\c3ccc(-c4ccc(I)cc4)o3)c2=O)=N1. The number of hydrogen-bond acceptors (Lipinski definition) is 6. The molecule has 1 aliphatic heterocycles. The average Bonchev–Trinajstić information content (AvgIpc) is 3.53. The van der Waals surface area contributed by atoms with E-state index in [9.17, 15) is 9.59 Å². The van der Waals surface area contributed by atoms with Crippen molar-refractivity contribution >= 4 is 46.0 Å². The minimum absolute atomic E-state index is 0.216. The number of allylic oxidation sites excluding steroid dienone is 1. The highest BCUT2D eigenvalue weighted by Crippen LogP contribution is 2.33. The summed E-state index contributed by atoms with van der Waals surface area (Å²) in [5.74, 6) is 1.24. The van der Waals surface area contributed by atoms with Gasteiger partial charge in [-0.1, -0.05) is 74.9 Å². The smallest absolute Gasteiger partial charge is 0.338 e. The van der Waals surface area contributed by atoms with E-state index in [1.165, 1.54) is 16.9 Å². The van der Waals surface area contributed by atoms with Gasteiger partial charge in [0.15, 0.2) is 4.80 Å². The quantitative estimate of drug-likeness (QED) is 0.158. The summed E-state index contributed by atoms with van der Waals surface area (Å²) >= 11 is 3.58. The molecule has 8 heteroatoms. The van der Waals surface area contributed by atoms with Crippen LogP contribution in [0.3, 0.4) is 0 Å². The van der Waals surface area contributed by atoms with E-state index in [0.717, 1.165) is 26.9 Å². The van der Waals surface area contributed by atoms with Crippen molar-refractivity contribution in [2.45, 2.75) is 52.5 Å². The van der Waals surface area contributed by atoms with Crippen LogP contribution < -0.4 is 14.9 Å². The van der Waals surface area contributed by atoms with Crippen molar-refractivity contribution in [1.29, 1.82) is 0 Å². The molecule has 0 unspecified atom stereocenters. The number of halogens is 1. The van der Waals surface area contributed by atoms with E-state index in [-0.39, 0.29) is 12.2 Å². The number of benzene rings is 2. The van der Waals surface area contributed by atoms with Gasteiger partial charge in [-0.15, -0.1) is 0 Å². The lowest BCUT2D eigenvalue weighted by atomic mass is 9.92. The molecule has 1 aliphatic rings. The summed E-state index contributed by atoms with van der Waals surface area (Å²) in [6.07, 6.45) is 3.17. The first-order valence-electron chi connectivity index (χ1n) is 13.5. The van der Waals surface area contributed by atoms with Crippen molar-refractivity contribution in [2.75, 3.05) is 6.61 Å². The minimum Gasteiger partial charge on any atom is -0.463 e. The molecule has 0 amide bonds. The molecule has 0 spiro atoms. The van der Waals surface area contributed by atoms with Gasteiger partial charge in [0.1, 0.15) is 11.5 Å². The van der Waals surface area contributed by atoms with Crippen LogP contribution in [0.2, 0.25) is 0 Å². The fourth-order valence-electron chi connectivity index (χ4n) is 4.83. The van der Waals surface area contributed by atoms with Crippen molar-refractivity contribution in [3.63, 3.8) is 0 Å². The molecule has 0 saturated carbocycles. The molecule has 0 aliphatic carbocycles. The summed E-state index contributed by atoms with van der Waals surface area (Å²) in [5, 5.41) is 0. The summed E-state index contributed by atoms with van der Waals surface area (Å²) in [7, 11) is 0. The van der Waals surface area contributed by atoms with Gasteiger partial charge in [-0.3, -0.25) is 9.36 Å². The number of carbonyl (C=O) groups excluding carboxylic acids is 1. The maximum Gasteiger partial charge on any atom is 0.338 e. The molecule has 2 aromatic carbocycles. The molecular weight excluding hydrogens is 635 g/mol. The molecule has 0 N–H and O–H groups in total. The third-order valence-corrected chi connectivity index (χ3v) is 8.54. The Morgan fingerprint density at radius 1 is 1.10 bits per heavy atom. The lowest BCUT2D eigenvalue weighted by Crippen LogP contribution is -2.40. The van der Waals surface area contributed by atoms with Crippen LogP contribution in [0, 0.1) is 3.57 Å². The highest BCUT2D eigenvalue weighted by Gasteiger charge is 2.34. The number of hydrogen-bond donors (Lipinski definition) is 0. The number of nitrogens with zero attached hydrogens (tertiary/aromatic N) is 2. The van der Waals surface area contributed by atoms with Crippen LogP contribution in [0.15, 0.2) is 86.1 Å². The molecule has 0 radical (unpaired) electrons. The first-order valence-corrected chi connectivity index (χ1v) is 15.4. The van der Waals surface area contributed by atoms with E-state index < -0.39 is 12.0 Å². The zero-order valence-electron chi connectivity index (χ0n) is 22.9. The Balaban J connectivity index is 1.66. The second-order valence-corrected chi connectivity index (χ2v) is 12.2. The predicted octanol–water partition coefficient (Wildman–Crippen LogP) is 6.57. The molecule has 0 bridgehead atoms. The number of rotatable bonds is 8. The van der Waals surface area contributed by atoms with E-state index in [0.29, 0.717) is 38.7 Å². The van der Waals surface area contributed by atoms with Crippen molar-refractivity contribution < 1.29 is 13.9 Å². The van der Waals surface area contributed by atoms with E-state index in [1.54, 1.807) is 17.6 Å². The van der Waals surface area contributed by atoms with Crippen LogP contribution in [0.5, 0.6) is 0 Å². The molecule has 6 nitrogen and oxygen atoms in total. The molecular formula is C32H31IN2O4S. The summed E-state index contributed by atoms with van der Waals surface area (Å²) in [6.45, 7) is 8.36. The number of ether oxygens (including phenoxy) is 1. The van der Waals surface area contributed by atoms with Crippen molar-refractivity contribution in [2.24, 2.45) is 4.99 Å². The fraction of sp³-hybridized carbons (Fsp3) is 0.281. The number of esters is 1. The minimum atomic E-state index is -0.626. The van der Waals surface area contributed by atoms with Gasteiger partial charge in [-0.2, -0.15) is 0 Å². The van der Waals surface area contributed by atoms with Crippen LogP contribution in [0.1, 0.15) is 69.4 Å². The largest absolute Gasteiger partial charge is 0.463 e. The van der Waals surface area contributed by atoms with Gasteiger partial charge in [-0.25, -0.2) is 9.79 Å². The molecule has 4 aromatic rings. The van der Waals surface area contributed by atoms with Gasteiger partial charge >= 0.3 is 5.97 Å². The Morgan fingerprint density at radius 2 is 1.82 bits per heavy atom. The molecule has 40 heavy (non-hydrogen) atoms. The molecule has 2 aromatic heterocycles. The Hall–Kier alpha value is -3.24. The third-order valence-electron chi connectivity index (χ3n) is 6.84. The number of aromatic nitrogens is 1. The number of furan rings is 1. The molecule has 0 saturated heterocycles. The average molecular weight is 667 g/mol. The van der Waals surface area contributed by atoms with Crippen LogP contribution in [0.25, 0.3) is 17.4 Å². The normalized spacial score (nSPS) is 15.3.